The summed E-state index contributed by atoms with van der Waals surface area (Å²) in [7, 11) is 0. The van der Waals surface area contributed by atoms with Crippen molar-refractivity contribution in [1.29, 1.82) is 0 Å². The van der Waals surface area contributed by atoms with Crippen LogP contribution in [0.4, 0.5) is 10.8 Å². The normalized spacial score (nSPS) is 15.2. The molecule has 2 aromatic carbocycles. The van der Waals surface area contributed by atoms with Crippen LogP contribution in [0.15, 0.2) is 86.9 Å². The van der Waals surface area contributed by atoms with Gasteiger partial charge in [-0.2, -0.15) is 0 Å². The number of non-ortho nitro benzene ring substituents is 1. The Kier molecular flexibility index (Phi) is 6.39. The maximum absolute atomic E-state index is 13.6. The van der Waals surface area contributed by atoms with Gasteiger partial charge in [-0.25, -0.2) is 4.98 Å². The van der Waals surface area contributed by atoms with Crippen LogP contribution < -0.4 is 9.64 Å². The zero-order valence-corrected chi connectivity index (χ0v) is 22.5. The van der Waals surface area contributed by atoms with Crippen LogP contribution in [0.3, 0.4) is 0 Å². The summed E-state index contributed by atoms with van der Waals surface area (Å²) in [6, 6.07) is 16.2. The fourth-order valence-electron chi connectivity index (χ4n) is 4.67. The van der Waals surface area contributed by atoms with Crippen LogP contribution in [0.1, 0.15) is 35.0 Å². The summed E-state index contributed by atoms with van der Waals surface area (Å²) >= 11 is 1.19. The molecule has 5 aromatic rings. The fraction of sp³-hybridized carbons (Fsp3) is 0.138. The molecule has 0 fully saturated rings. The molecule has 1 amide bonds. The van der Waals surface area contributed by atoms with E-state index in [0.29, 0.717) is 29.2 Å². The number of ether oxygens (including phenoxy) is 1. The Morgan fingerprint density at radius 2 is 1.98 bits per heavy atom. The van der Waals surface area contributed by atoms with Gasteiger partial charge in [-0.1, -0.05) is 23.5 Å². The quantitative estimate of drug-likeness (QED) is 0.124. The molecule has 206 valence electrons. The summed E-state index contributed by atoms with van der Waals surface area (Å²) in [4.78, 5) is 43.8. The third-order valence-corrected chi connectivity index (χ3v) is 7.54. The standard InChI is InChI=1S/C29H21N3O8S/c1-3-38-18-8-9-19-23(14-18)41-29(30-19)31-25(24(27(34)28(31)35)26(33)22-10-7-15(2)39-22)21-12-11-20(40-21)16-5-4-6-17(13-16)32(36)37/h4-14,25,34H,3H2,1-2H3. The van der Waals surface area contributed by atoms with Gasteiger partial charge in [0.15, 0.2) is 16.7 Å². The number of aromatic nitrogens is 1. The number of rotatable bonds is 8. The molecule has 1 N–H and O–H groups in total. The minimum absolute atomic E-state index is 0.0557. The van der Waals surface area contributed by atoms with Crippen molar-refractivity contribution in [3.63, 3.8) is 0 Å². The first kappa shape index (κ1) is 26.0. The van der Waals surface area contributed by atoms with E-state index in [2.05, 4.69) is 4.98 Å². The summed E-state index contributed by atoms with van der Waals surface area (Å²) in [6.45, 7) is 4.02. The van der Waals surface area contributed by atoms with Gasteiger partial charge >= 0.3 is 0 Å². The van der Waals surface area contributed by atoms with Crippen molar-refractivity contribution < 1.29 is 33.2 Å². The lowest BCUT2D eigenvalue weighted by Crippen LogP contribution is -2.30. The summed E-state index contributed by atoms with van der Waals surface area (Å²) in [5.74, 6) is -0.802. The summed E-state index contributed by atoms with van der Waals surface area (Å²) < 4.78 is 17.9. The third-order valence-electron chi connectivity index (χ3n) is 6.52. The Balaban J connectivity index is 1.47. The molecule has 0 saturated heterocycles. The zero-order valence-electron chi connectivity index (χ0n) is 21.7. The number of nitrogens with zero attached hydrogens (tertiary/aromatic N) is 3. The van der Waals surface area contributed by atoms with Gasteiger partial charge in [-0.3, -0.25) is 24.6 Å². The van der Waals surface area contributed by atoms with Gasteiger partial charge in [0, 0.05) is 17.7 Å². The van der Waals surface area contributed by atoms with E-state index in [-0.39, 0.29) is 33.7 Å². The highest BCUT2D eigenvalue weighted by Gasteiger charge is 2.48. The molecule has 1 aliphatic heterocycles. The summed E-state index contributed by atoms with van der Waals surface area (Å²) in [5.41, 5.74) is 0.657. The van der Waals surface area contributed by atoms with Crippen molar-refractivity contribution in [3.05, 3.63) is 105 Å². The largest absolute Gasteiger partial charge is 0.503 e. The number of fused-ring (bicyclic) bond motifs is 1. The van der Waals surface area contributed by atoms with E-state index >= 15 is 0 Å². The molecule has 6 rings (SSSR count). The van der Waals surface area contributed by atoms with Gasteiger partial charge in [-0.05, 0) is 56.3 Å². The lowest BCUT2D eigenvalue weighted by Gasteiger charge is -2.22. The number of nitro groups is 1. The number of nitro benzene ring substituents is 1. The summed E-state index contributed by atoms with van der Waals surface area (Å²) in [6.07, 6.45) is 0. The van der Waals surface area contributed by atoms with Crippen LogP contribution in [0.25, 0.3) is 21.5 Å². The maximum atomic E-state index is 13.6. The third kappa shape index (κ3) is 4.53. The number of ketones is 1. The highest BCUT2D eigenvalue weighted by Crippen LogP contribution is 2.45. The summed E-state index contributed by atoms with van der Waals surface area (Å²) in [5, 5.41) is 22.6. The van der Waals surface area contributed by atoms with Gasteiger partial charge in [0.25, 0.3) is 11.6 Å². The van der Waals surface area contributed by atoms with Gasteiger partial charge in [0.2, 0.25) is 5.78 Å². The fourth-order valence-corrected chi connectivity index (χ4v) is 5.69. The van der Waals surface area contributed by atoms with Crippen LogP contribution >= 0.6 is 11.3 Å². The Hall–Kier alpha value is -5.23. The van der Waals surface area contributed by atoms with Crippen LogP contribution in [-0.4, -0.2) is 33.3 Å². The second-order valence-corrected chi connectivity index (χ2v) is 10.2. The monoisotopic (exact) mass is 571 g/mol. The molecule has 1 atom stereocenters. The van der Waals surface area contributed by atoms with E-state index in [1.54, 1.807) is 49.4 Å². The number of amides is 1. The average molecular weight is 572 g/mol. The van der Waals surface area contributed by atoms with Crippen molar-refractivity contribution in [1.82, 2.24) is 4.98 Å². The lowest BCUT2D eigenvalue weighted by atomic mass is 10.00. The molecular formula is C29H21N3O8S. The smallest absolute Gasteiger partial charge is 0.296 e. The van der Waals surface area contributed by atoms with Crippen molar-refractivity contribution in [2.24, 2.45) is 0 Å². The molecule has 41 heavy (non-hydrogen) atoms. The van der Waals surface area contributed by atoms with E-state index in [1.807, 2.05) is 6.92 Å². The number of hydrogen-bond acceptors (Lipinski definition) is 10. The lowest BCUT2D eigenvalue weighted by molar-refractivity contribution is -0.384. The highest BCUT2D eigenvalue weighted by molar-refractivity contribution is 7.22. The molecule has 1 unspecified atom stereocenters. The minimum Gasteiger partial charge on any atom is -0.503 e. The number of benzene rings is 2. The molecule has 0 bridgehead atoms. The molecule has 1 aliphatic rings. The molecule has 3 aromatic heterocycles. The van der Waals surface area contributed by atoms with E-state index < -0.39 is 28.4 Å². The van der Waals surface area contributed by atoms with Crippen molar-refractivity contribution in [2.75, 3.05) is 11.5 Å². The van der Waals surface area contributed by atoms with Crippen LogP contribution in [0.2, 0.25) is 0 Å². The van der Waals surface area contributed by atoms with E-state index in [9.17, 15) is 24.8 Å². The zero-order chi connectivity index (χ0) is 28.8. The number of aliphatic hydroxyl groups is 1. The molecule has 12 heteroatoms. The number of aliphatic hydroxyl groups excluding tert-OH is 1. The van der Waals surface area contributed by atoms with Crippen LogP contribution in [0.5, 0.6) is 5.75 Å². The second kappa shape index (κ2) is 10.1. The number of hydrogen-bond donors (Lipinski definition) is 1. The number of aryl methyl sites for hydroxylation is 1. The van der Waals surface area contributed by atoms with E-state index in [4.69, 9.17) is 13.6 Å². The molecule has 0 aliphatic carbocycles. The molecule has 0 radical (unpaired) electrons. The number of Topliss-reactive ketones (excluding diaryl/α,β-unsaturated/α-hetero) is 1. The number of furan rings is 2. The highest BCUT2D eigenvalue weighted by atomic mass is 32.1. The van der Waals surface area contributed by atoms with Gasteiger partial charge < -0.3 is 18.7 Å². The number of carbonyl (C=O) groups is 2. The molecule has 0 spiro atoms. The maximum Gasteiger partial charge on any atom is 0.296 e. The van der Waals surface area contributed by atoms with E-state index in [0.717, 1.165) is 4.70 Å². The number of thiazole rings is 1. The SMILES string of the molecule is CCOc1ccc2nc(N3C(=O)C(O)=C(C(=O)c4ccc(C)o4)C3c3ccc(-c4cccc([N+](=O)[O-])c4)o3)sc2c1. The van der Waals surface area contributed by atoms with Gasteiger partial charge in [0.05, 0.1) is 27.3 Å². The Labute approximate surface area is 236 Å². The Morgan fingerprint density at radius 3 is 2.71 bits per heavy atom. The van der Waals surface area contributed by atoms with Gasteiger partial charge in [-0.15, -0.1) is 0 Å². The van der Waals surface area contributed by atoms with Crippen LogP contribution in [0, 0.1) is 17.0 Å². The number of carbonyl (C=O) groups excluding carboxylic acids is 2. The Bertz CT molecular complexity index is 1880. The van der Waals surface area contributed by atoms with Crippen LogP contribution in [-0.2, 0) is 4.79 Å². The number of anilines is 1. The predicted molar refractivity (Wildman–Crippen MR) is 149 cm³/mol. The molecule has 11 nitrogen and oxygen atoms in total. The molecular weight excluding hydrogens is 550 g/mol. The molecule has 4 heterocycles. The van der Waals surface area contributed by atoms with E-state index in [1.165, 1.54) is 40.5 Å². The molecule has 0 saturated carbocycles. The second-order valence-electron chi connectivity index (χ2n) is 9.15. The average Bonchev–Trinajstić information content (AvgIpc) is 3.75. The first-order chi connectivity index (χ1) is 19.7. The predicted octanol–water partition coefficient (Wildman–Crippen LogP) is 6.55. The first-order valence-corrected chi connectivity index (χ1v) is 13.3. The van der Waals surface area contributed by atoms with Crippen molar-refractivity contribution >= 4 is 44.1 Å². The Morgan fingerprint density at radius 1 is 1.15 bits per heavy atom. The van der Waals surface area contributed by atoms with Crippen molar-refractivity contribution in [2.45, 2.75) is 19.9 Å². The van der Waals surface area contributed by atoms with Gasteiger partial charge in [0.1, 0.15) is 29.1 Å². The first-order valence-electron chi connectivity index (χ1n) is 12.5. The minimum atomic E-state index is -1.19. The van der Waals surface area contributed by atoms with Crippen molar-refractivity contribution in [3.8, 4) is 17.1 Å². The topological polar surface area (TPSA) is 149 Å².